The first-order valence-electron chi connectivity index (χ1n) is 5.56. The van der Waals surface area contributed by atoms with Gasteiger partial charge in [0.2, 0.25) is 0 Å². The van der Waals surface area contributed by atoms with Gasteiger partial charge in [0, 0.05) is 11.8 Å². The van der Waals surface area contributed by atoms with Crippen LogP contribution in [0.2, 0.25) is 0 Å². The summed E-state index contributed by atoms with van der Waals surface area (Å²) >= 11 is 0. The predicted octanol–water partition coefficient (Wildman–Crippen LogP) is 1.68. The largest absolute Gasteiger partial charge is 0.456 e. The molecule has 0 saturated heterocycles. The van der Waals surface area contributed by atoms with E-state index >= 15 is 0 Å². The summed E-state index contributed by atoms with van der Waals surface area (Å²) in [6, 6.07) is 0. The van der Waals surface area contributed by atoms with Crippen molar-refractivity contribution >= 4 is 11.9 Å². The number of esters is 2. The van der Waals surface area contributed by atoms with Crippen LogP contribution in [0.15, 0.2) is 0 Å². The third-order valence-electron chi connectivity index (χ3n) is 1.73. The van der Waals surface area contributed by atoms with Crippen LogP contribution in [-0.4, -0.2) is 25.2 Å². The fraction of sp³-hybridized carbons (Fsp3) is 0.667. The van der Waals surface area contributed by atoms with Gasteiger partial charge in [0.15, 0.2) is 0 Å². The lowest BCUT2D eigenvalue weighted by atomic mass is 10.4. The molecule has 0 fully saturated rings. The summed E-state index contributed by atoms with van der Waals surface area (Å²) in [4.78, 5) is 21.9. The molecule has 4 nitrogen and oxygen atoms in total. The zero-order valence-electron chi connectivity index (χ0n) is 9.88. The molecule has 0 aromatic rings. The number of unbranched alkanes of at least 4 members (excludes halogenated alkanes) is 2. The minimum Gasteiger partial charge on any atom is -0.456 e. The molecule has 0 unspecified atom stereocenters. The molecule has 4 heteroatoms. The van der Waals surface area contributed by atoms with Gasteiger partial charge in [-0.2, -0.15) is 0 Å². The average Bonchev–Trinajstić information content (AvgIpc) is 2.27. The van der Waals surface area contributed by atoms with Gasteiger partial charge in [0.05, 0.1) is 13.2 Å². The maximum atomic E-state index is 10.9. The van der Waals surface area contributed by atoms with Crippen molar-refractivity contribution in [3.8, 4) is 11.8 Å². The van der Waals surface area contributed by atoms with Crippen LogP contribution >= 0.6 is 0 Å². The lowest BCUT2D eigenvalue weighted by molar-refractivity contribution is -0.138. The minimum atomic E-state index is -0.680. The van der Waals surface area contributed by atoms with E-state index in [9.17, 15) is 9.59 Å². The summed E-state index contributed by atoms with van der Waals surface area (Å²) in [7, 11) is 0. The van der Waals surface area contributed by atoms with Crippen molar-refractivity contribution in [1.82, 2.24) is 0 Å². The Kier molecular flexibility index (Phi) is 9.09. The second kappa shape index (κ2) is 10.0. The van der Waals surface area contributed by atoms with Gasteiger partial charge in [0.1, 0.15) is 0 Å². The Hall–Kier alpha value is -1.50. The molecular formula is C12H18O4. The molecule has 16 heavy (non-hydrogen) atoms. The minimum absolute atomic E-state index is 0.342. The molecule has 0 saturated carbocycles. The first kappa shape index (κ1) is 14.5. The highest BCUT2D eigenvalue weighted by Crippen LogP contribution is 1.89. The van der Waals surface area contributed by atoms with Crippen molar-refractivity contribution in [2.45, 2.75) is 39.5 Å². The normalized spacial score (nSPS) is 8.88. The summed E-state index contributed by atoms with van der Waals surface area (Å²) in [6.07, 6.45) is 3.49. The maximum absolute atomic E-state index is 10.9. The quantitative estimate of drug-likeness (QED) is 0.299. The van der Waals surface area contributed by atoms with Gasteiger partial charge in [-0.05, 0) is 12.8 Å². The maximum Gasteiger partial charge on any atom is 0.384 e. The van der Waals surface area contributed by atoms with Gasteiger partial charge in [-0.15, -0.1) is 0 Å². The Morgan fingerprint density at radius 1 is 0.875 bits per heavy atom. The first-order valence-corrected chi connectivity index (χ1v) is 5.56. The third-order valence-corrected chi connectivity index (χ3v) is 1.73. The Labute approximate surface area is 96.3 Å². The standard InChI is InChI=1S/C12H18O4/c1-3-5-9-15-11(13)7-8-12(14)16-10-6-4-2/h3-6,9-10H2,1-2H3. The van der Waals surface area contributed by atoms with Crippen molar-refractivity contribution in [2.24, 2.45) is 0 Å². The zero-order chi connectivity index (χ0) is 12.2. The van der Waals surface area contributed by atoms with Crippen LogP contribution in [0.3, 0.4) is 0 Å². The molecule has 0 N–H and O–H groups in total. The predicted molar refractivity (Wildman–Crippen MR) is 59.5 cm³/mol. The molecule has 0 aliphatic heterocycles. The molecule has 0 aromatic carbocycles. The van der Waals surface area contributed by atoms with E-state index in [2.05, 4.69) is 11.8 Å². The molecule has 90 valence electrons. The number of hydrogen-bond acceptors (Lipinski definition) is 4. The fourth-order valence-corrected chi connectivity index (χ4v) is 0.793. The summed E-state index contributed by atoms with van der Waals surface area (Å²) in [5.41, 5.74) is 0. The fourth-order valence-electron chi connectivity index (χ4n) is 0.793. The van der Waals surface area contributed by atoms with Gasteiger partial charge in [-0.1, -0.05) is 26.7 Å². The Balaban J connectivity index is 3.71. The molecule has 0 aromatic heterocycles. The number of carbonyl (C=O) groups excluding carboxylic acids is 2. The van der Waals surface area contributed by atoms with Crippen LogP contribution in [-0.2, 0) is 19.1 Å². The molecule has 0 atom stereocenters. The van der Waals surface area contributed by atoms with E-state index in [0.29, 0.717) is 13.2 Å². The zero-order valence-corrected chi connectivity index (χ0v) is 9.88. The lowest BCUT2D eigenvalue weighted by Crippen LogP contribution is -2.06. The Morgan fingerprint density at radius 2 is 1.25 bits per heavy atom. The van der Waals surface area contributed by atoms with Crippen LogP contribution in [0.1, 0.15) is 39.5 Å². The summed E-state index contributed by atoms with van der Waals surface area (Å²) < 4.78 is 9.48. The van der Waals surface area contributed by atoms with Gasteiger partial charge >= 0.3 is 11.9 Å². The van der Waals surface area contributed by atoms with Crippen molar-refractivity contribution in [1.29, 1.82) is 0 Å². The topological polar surface area (TPSA) is 52.6 Å². The molecule has 0 spiro atoms. The number of rotatable bonds is 6. The van der Waals surface area contributed by atoms with Crippen molar-refractivity contribution < 1.29 is 19.1 Å². The van der Waals surface area contributed by atoms with Gasteiger partial charge in [-0.25, -0.2) is 9.59 Å². The second-order valence-electron chi connectivity index (χ2n) is 3.23. The molecule has 0 aliphatic rings. The van der Waals surface area contributed by atoms with E-state index < -0.39 is 11.9 Å². The van der Waals surface area contributed by atoms with E-state index in [-0.39, 0.29) is 0 Å². The summed E-state index contributed by atoms with van der Waals surface area (Å²) in [5, 5.41) is 0. The average molecular weight is 226 g/mol. The van der Waals surface area contributed by atoms with E-state index in [1.807, 2.05) is 13.8 Å². The number of carbonyl (C=O) groups is 2. The van der Waals surface area contributed by atoms with Crippen LogP contribution in [0, 0.1) is 11.8 Å². The van der Waals surface area contributed by atoms with Crippen molar-refractivity contribution in [3.63, 3.8) is 0 Å². The van der Waals surface area contributed by atoms with E-state index in [1.54, 1.807) is 0 Å². The molecule has 0 bridgehead atoms. The monoisotopic (exact) mass is 226 g/mol. The second-order valence-corrected chi connectivity index (χ2v) is 3.23. The van der Waals surface area contributed by atoms with E-state index in [4.69, 9.17) is 9.47 Å². The third kappa shape index (κ3) is 9.07. The first-order chi connectivity index (χ1) is 7.70. The summed E-state index contributed by atoms with van der Waals surface area (Å²) in [5.74, 6) is 2.81. The van der Waals surface area contributed by atoms with Crippen LogP contribution in [0.25, 0.3) is 0 Å². The molecule has 0 aliphatic carbocycles. The van der Waals surface area contributed by atoms with E-state index in [1.165, 1.54) is 0 Å². The highest BCUT2D eigenvalue weighted by Gasteiger charge is 1.99. The molecule has 0 rings (SSSR count). The molecule has 0 heterocycles. The highest BCUT2D eigenvalue weighted by atomic mass is 16.5. The number of ether oxygens (including phenoxy) is 2. The Bertz CT molecular complexity index is 246. The van der Waals surface area contributed by atoms with Crippen LogP contribution in [0.4, 0.5) is 0 Å². The van der Waals surface area contributed by atoms with Gasteiger partial charge in [0.25, 0.3) is 0 Å². The highest BCUT2D eigenvalue weighted by molar-refractivity contribution is 5.98. The van der Waals surface area contributed by atoms with E-state index in [0.717, 1.165) is 25.7 Å². The van der Waals surface area contributed by atoms with Gasteiger partial charge in [-0.3, -0.25) is 0 Å². The van der Waals surface area contributed by atoms with Crippen LogP contribution < -0.4 is 0 Å². The van der Waals surface area contributed by atoms with Crippen molar-refractivity contribution in [3.05, 3.63) is 0 Å². The van der Waals surface area contributed by atoms with Crippen molar-refractivity contribution in [2.75, 3.05) is 13.2 Å². The molecular weight excluding hydrogens is 208 g/mol. The lowest BCUT2D eigenvalue weighted by Gasteiger charge is -1.98. The smallest absolute Gasteiger partial charge is 0.384 e. The van der Waals surface area contributed by atoms with Gasteiger partial charge < -0.3 is 9.47 Å². The summed E-state index contributed by atoms with van der Waals surface area (Å²) in [6.45, 7) is 4.67. The molecule has 0 radical (unpaired) electrons. The molecule has 0 amide bonds. The van der Waals surface area contributed by atoms with Crippen LogP contribution in [0.5, 0.6) is 0 Å². The Morgan fingerprint density at radius 3 is 1.56 bits per heavy atom. The number of hydrogen-bond donors (Lipinski definition) is 0. The SMILES string of the molecule is CCCCOC(=O)C#CC(=O)OCCCC.